The molecule has 1 N–H and O–H groups in total. The van der Waals surface area contributed by atoms with Crippen LogP contribution in [0.2, 0.25) is 0 Å². The van der Waals surface area contributed by atoms with Gasteiger partial charge < -0.3 is 19.5 Å². The first kappa shape index (κ1) is 23.6. The van der Waals surface area contributed by atoms with Crippen molar-refractivity contribution < 1.29 is 45.8 Å². The average Bonchev–Trinajstić information content (AvgIpc) is 2.92. The number of benzene rings is 1. The minimum atomic E-state index is -5.15. The Kier molecular flexibility index (Phi) is 6.80. The normalized spacial score (nSPS) is 22.0. The van der Waals surface area contributed by atoms with Gasteiger partial charge in [-0.3, -0.25) is 9.69 Å². The smallest absolute Gasteiger partial charge is 0.444 e. The SMILES string of the molecule is CO[C@H]1[C@@H](C(=O)Nc2cccc(OC(F)(F)F)c2F)N(C(=O)OC(C)(C)C)C[C@@H]1F. The molecule has 7 nitrogen and oxygen atoms in total. The number of nitrogens with zero attached hydrogens (tertiary/aromatic N) is 1. The second-order valence-corrected chi connectivity index (χ2v) is 7.45. The van der Waals surface area contributed by atoms with Crippen molar-refractivity contribution in [2.75, 3.05) is 19.0 Å². The molecule has 3 atom stereocenters. The minimum Gasteiger partial charge on any atom is -0.444 e. The summed E-state index contributed by atoms with van der Waals surface area (Å²) in [5, 5.41) is 2.05. The number of hydrogen-bond acceptors (Lipinski definition) is 5. The molecule has 2 rings (SSSR count). The van der Waals surface area contributed by atoms with Crippen LogP contribution in [-0.2, 0) is 14.3 Å². The third-order valence-corrected chi connectivity index (χ3v) is 3.99. The number of hydrogen-bond donors (Lipinski definition) is 1. The van der Waals surface area contributed by atoms with Crippen molar-refractivity contribution in [3.63, 3.8) is 0 Å². The van der Waals surface area contributed by atoms with Crippen LogP contribution in [0.25, 0.3) is 0 Å². The lowest BCUT2D eigenvalue weighted by atomic mass is 10.1. The van der Waals surface area contributed by atoms with E-state index in [2.05, 4.69) is 10.1 Å². The van der Waals surface area contributed by atoms with Gasteiger partial charge in [0.25, 0.3) is 0 Å². The first-order valence-corrected chi connectivity index (χ1v) is 8.75. The maximum absolute atomic E-state index is 14.3. The molecule has 0 unspecified atom stereocenters. The maximum atomic E-state index is 14.3. The molecule has 0 spiro atoms. The van der Waals surface area contributed by atoms with Gasteiger partial charge in [-0.2, -0.15) is 0 Å². The van der Waals surface area contributed by atoms with Crippen LogP contribution in [0.5, 0.6) is 5.75 Å². The Labute approximate surface area is 169 Å². The monoisotopic (exact) mass is 440 g/mol. The first-order chi connectivity index (χ1) is 13.7. The van der Waals surface area contributed by atoms with Crippen molar-refractivity contribution in [3.05, 3.63) is 24.0 Å². The summed E-state index contributed by atoms with van der Waals surface area (Å²) in [7, 11) is 1.12. The van der Waals surface area contributed by atoms with Crippen LogP contribution < -0.4 is 10.1 Å². The lowest BCUT2D eigenvalue weighted by molar-refractivity contribution is -0.275. The Bertz CT molecular complexity index is 796. The lowest BCUT2D eigenvalue weighted by Crippen LogP contribution is -2.49. The summed E-state index contributed by atoms with van der Waals surface area (Å²) in [6, 6.07) is 1.17. The molecule has 12 heteroatoms. The predicted molar refractivity (Wildman–Crippen MR) is 94.1 cm³/mol. The third kappa shape index (κ3) is 5.71. The number of rotatable bonds is 4. The number of carbonyl (C=O) groups excluding carboxylic acids is 2. The number of amides is 2. The molecule has 0 saturated carbocycles. The van der Waals surface area contributed by atoms with Crippen LogP contribution in [0.15, 0.2) is 18.2 Å². The molecule has 0 aromatic heterocycles. The molecule has 168 valence electrons. The summed E-state index contributed by atoms with van der Waals surface area (Å²) in [6.45, 7) is 4.18. The van der Waals surface area contributed by atoms with E-state index in [0.717, 1.165) is 30.2 Å². The number of alkyl halides is 4. The van der Waals surface area contributed by atoms with Crippen molar-refractivity contribution in [1.82, 2.24) is 4.90 Å². The molecular weight excluding hydrogens is 419 g/mol. The summed E-state index contributed by atoms with van der Waals surface area (Å²) in [5.74, 6) is -3.73. The fraction of sp³-hybridized carbons (Fsp3) is 0.556. The number of anilines is 1. The van der Waals surface area contributed by atoms with Crippen molar-refractivity contribution in [2.45, 2.75) is 51.1 Å². The van der Waals surface area contributed by atoms with Gasteiger partial charge in [0, 0.05) is 7.11 Å². The topological polar surface area (TPSA) is 77.1 Å². The van der Waals surface area contributed by atoms with Crippen molar-refractivity contribution in [2.24, 2.45) is 0 Å². The molecule has 1 saturated heterocycles. The Morgan fingerprint density at radius 1 is 1.20 bits per heavy atom. The Morgan fingerprint density at radius 3 is 2.37 bits per heavy atom. The molecule has 1 aromatic carbocycles. The number of likely N-dealkylation sites (tertiary alicyclic amines) is 1. The number of halogens is 5. The van der Waals surface area contributed by atoms with E-state index in [9.17, 15) is 31.5 Å². The Hall–Kier alpha value is -2.63. The van der Waals surface area contributed by atoms with Gasteiger partial charge in [-0.25, -0.2) is 13.6 Å². The molecule has 0 radical (unpaired) electrons. The van der Waals surface area contributed by atoms with Gasteiger partial charge in [0.05, 0.1) is 12.2 Å². The number of nitrogens with one attached hydrogen (secondary N) is 1. The molecule has 0 aliphatic carbocycles. The van der Waals surface area contributed by atoms with E-state index in [1.807, 2.05) is 0 Å². The van der Waals surface area contributed by atoms with Crippen LogP contribution in [0.3, 0.4) is 0 Å². The highest BCUT2D eigenvalue weighted by molar-refractivity contribution is 5.97. The highest BCUT2D eigenvalue weighted by atomic mass is 19.4. The fourth-order valence-electron chi connectivity index (χ4n) is 2.87. The summed E-state index contributed by atoms with van der Waals surface area (Å²) >= 11 is 0. The van der Waals surface area contributed by atoms with Crippen LogP contribution in [0, 0.1) is 5.82 Å². The second kappa shape index (κ2) is 8.62. The Balaban J connectivity index is 2.28. The van der Waals surface area contributed by atoms with Crippen LogP contribution in [0.1, 0.15) is 20.8 Å². The van der Waals surface area contributed by atoms with Gasteiger partial charge >= 0.3 is 12.5 Å². The van der Waals surface area contributed by atoms with E-state index in [0.29, 0.717) is 0 Å². The zero-order chi connectivity index (χ0) is 22.9. The fourth-order valence-corrected chi connectivity index (χ4v) is 2.87. The first-order valence-electron chi connectivity index (χ1n) is 8.75. The van der Waals surface area contributed by atoms with Gasteiger partial charge in [-0.05, 0) is 32.9 Å². The molecule has 1 fully saturated rings. The molecular formula is C18H21F5N2O5. The maximum Gasteiger partial charge on any atom is 0.573 e. The molecule has 0 bridgehead atoms. The van der Waals surface area contributed by atoms with E-state index in [-0.39, 0.29) is 0 Å². The van der Waals surface area contributed by atoms with E-state index >= 15 is 0 Å². The van der Waals surface area contributed by atoms with E-state index < -0.39 is 66.1 Å². The quantitative estimate of drug-likeness (QED) is 0.724. The molecule has 2 amide bonds. The second-order valence-electron chi connectivity index (χ2n) is 7.45. The summed E-state index contributed by atoms with van der Waals surface area (Å²) in [5.41, 5.74) is -1.59. The minimum absolute atomic E-state index is 0.523. The van der Waals surface area contributed by atoms with Crippen molar-refractivity contribution >= 4 is 17.7 Å². The number of methoxy groups -OCH3 is 1. The molecule has 1 aliphatic heterocycles. The summed E-state index contributed by atoms with van der Waals surface area (Å²) < 4.78 is 79.5. The zero-order valence-corrected chi connectivity index (χ0v) is 16.5. The van der Waals surface area contributed by atoms with Gasteiger partial charge in [0.2, 0.25) is 5.91 Å². The molecule has 1 aliphatic rings. The highest BCUT2D eigenvalue weighted by Crippen LogP contribution is 2.31. The predicted octanol–water partition coefficient (Wildman–Crippen LogP) is 3.64. The van der Waals surface area contributed by atoms with Crippen molar-refractivity contribution in [1.29, 1.82) is 0 Å². The molecule has 1 heterocycles. The van der Waals surface area contributed by atoms with Gasteiger partial charge in [0.15, 0.2) is 11.6 Å². The van der Waals surface area contributed by atoms with Gasteiger partial charge in [-0.15, -0.1) is 13.2 Å². The zero-order valence-electron chi connectivity index (χ0n) is 16.5. The third-order valence-electron chi connectivity index (χ3n) is 3.99. The summed E-state index contributed by atoms with van der Waals surface area (Å²) in [4.78, 5) is 25.9. The molecule has 30 heavy (non-hydrogen) atoms. The van der Waals surface area contributed by atoms with Crippen LogP contribution in [-0.4, -0.2) is 60.8 Å². The average molecular weight is 440 g/mol. The number of carbonyl (C=O) groups is 2. The van der Waals surface area contributed by atoms with Crippen molar-refractivity contribution in [3.8, 4) is 5.75 Å². The van der Waals surface area contributed by atoms with E-state index in [1.165, 1.54) is 0 Å². The Morgan fingerprint density at radius 2 is 1.83 bits per heavy atom. The van der Waals surface area contributed by atoms with Gasteiger partial charge in [-0.1, -0.05) is 6.07 Å². The van der Waals surface area contributed by atoms with E-state index in [1.54, 1.807) is 20.8 Å². The lowest BCUT2D eigenvalue weighted by Gasteiger charge is -2.29. The summed E-state index contributed by atoms with van der Waals surface area (Å²) in [6.07, 6.45) is -9.29. The largest absolute Gasteiger partial charge is 0.573 e. The van der Waals surface area contributed by atoms with Crippen LogP contribution >= 0.6 is 0 Å². The number of ether oxygens (including phenoxy) is 3. The van der Waals surface area contributed by atoms with Gasteiger partial charge in [0.1, 0.15) is 23.9 Å². The standard InChI is InChI=1S/C18H21F5N2O5/c1-17(2,3)30-16(27)25-8-9(19)14(28-4)13(25)15(26)24-10-6-5-7-11(12(10)20)29-18(21,22)23/h5-7,9,13-14H,8H2,1-4H3,(H,24,26)/t9-,13-,14+/m0/s1. The molecule has 1 aromatic rings. The van der Waals surface area contributed by atoms with E-state index in [4.69, 9.17) is 9.47 Å². The highest BCUT2D eigenvalue weighted by Gasteiger charge is 2.50. The van der Waals surface area contributed by atoms with Crippen LogP contribution in [0.4, 0.5) is 32.4 Å².